The molecular formula is C19H21NO3. The zero-order valence-corrected chi connectivity index (χ0v) is 13.9. The molecule has 0 aliphatic carbocycles. The molecule has 2 aromatic carbocycles. The fourth-order valence-electron chi connectivity index (χ4n) is 2.39. The number of aryl methyl sites for hydroxylation is 1. The summed E-state index contributed by atoms with van der Waals surface area (Å²) in [7, 11) is 1.55. The summed E-state index contributed by atoms with van der Waals surface area (Å²) in [6.45, 7) is 5.48. The van der Waals surface area contributed by atoms with Crippen molar-refractivity contribution in [1.82, 2.24) is 0 Å². The second-order valence-corrected chi connectivity index (χ2v) is 5.56. The summed E-state index contributed by atoms with van der Waals surface area (Å²) < 4.78 is 5.28. The second-order valence-electron chi connectivity index (χ2n) is 5.56. The Labute approximate surface area is 136 Å². The van der Waals surface area contributed by atoms with Gasteiger partial charge in [-0.1, -0.05) is 12.1 Å². The maximum absolute atomic E-state index is 12.3. The third-order valence-corrected chi connectivity index (χ3v) is 3.92. The highest BCUT2D eigenvalue weighted by molar-refractivity contribution is 5.96. The monoisotopic (exact) mass is 311 g/mol. The van der Waals surface area contributed by atoms with Gasteiger partial charge in [0.2, 0.25) is 5.91 Å². The smallest absolute Gasteiger partial charge is 0.228 e. The van der Waals surface area contributed by atoms with E-state index in [1.54, 1.807) is 25.3 Å². The van der Waals surface area contributed by atoms with Crippen LogP contribution in [-0.4, -0.2) is 18.8 Å². The molecule has 1 N–H and O–H groups in total. The number of Topliss-reactive ketones (excluding diaryl/α,β-unsaturated/α-hetero) is 1. The van der Waals surface area contributed by atoms with Gasteiger partial charge in [-0.3, -0.25) is 9.59 Å². The first kappa shape index (κ1) is 16.7. The van der Waals surface area contributed by atoms with Crippen molar-refractivity contribution in [3.05, 3.63) is 58.7 Å². The zero-order chi connectivity index (χ0) is 17.0. The molecule has 2 aromatic rings. The minimum absolute atomic E-state index is 0.0381. The Morgan fingerprint density at radius 3 is 2.52 bits per heavy atom. The first-order valence-electron chi connectivity index (χ1n) is 7.46. The van der Waals surface area contributed by atoms with E-state index in [4.69, 9.17) is 4.74 Å². The molecule has 0 heterocycles. The van der Waals surface area contributed by atoms with Gasteiger partial charge in [-0.05, 0) is 56.2 Å². The second kappa shape index (κ2) is 7.09. The largest absolute Gasteiger partial charge is 0.496 e. The molecule has 0 bridgehead atoms. The van der Waals surface area contributed by atoms with Crippen molar-refractivity contribution in [3.8, 4) is 5.75 Å². The van der Waals surface area contributed by atoms with E-state index in [1.165, 1.54) is 6.92 Å². The Bertz CT molecular complexity index is 750. The Kier molecular flexibility index (Phi) is 5.16. The highest BCUT2D eigenvalue weighted by Crippen LogP contribution is 2.22. The predicted octanol–water partition coefficient (Wildman–Crippen LogP) is 3.70. The molecule has 0 unspecified atom stereocenters. The summed E-state index contributed by atoms with van der Waals surface area (Å²) in [5.41, 5.74) is 4.24. The van der Waals surface area contributed by atoms with Gasteiger partial charge in [-0.25, -0.2) is 0 Å². The summed E-state index contributed by atoms with van der Waals surface area (Å²) in [5.74, 6) is 0.424. The van der Waals surface area contributed by atoms with E-state index in [-0.39, 0.29) is 18.1 Å². The van der Waals surface area contributed by atoms with Crippen LogP contribution < -0.4 is 10.1 Å². The van der Waals surface area contributed by atoms with Crippen molar-refractivity contribution in [3.63, 3.8) is 0 Å². The van der Waals surface area contributed by atoms with Crippen molar-refractivity contribution in [2.75, 3.05) is 12.4 Å². The molecule has 120 valence electrons. The van der Waals surface area contributed by atoms with Crippen LogP contribution >= 0.6 is 0 Å². The Morgan fingerprint density at radius 2 is 1.87 bits per heavy atom. The van der Waals surface area contributed by atoms with Crippen LogP contribution in [0.1, 0.15) is 34.0 Å². The fraction of sp³-hybridized carbons (Fsp3) is 0.263. The number of ketones is 1. The Balaban J connectivity index is 2.21. The van der Waals surface area contributed by atoms with Crippen molar-refractivity contribution >= 4 is 17.4 Å². The van der Waals surface area contributed by atoms with Gasteiger partial charge in [0.15, 0.2) is 5.78 Å². The molecule has 0 aliphatic heterocycles. The lowest BCUT2D eigenvalue weighted by Crippen LogP contribution is -2.16. The van der Waals surface area contributed by atoms with E-state index in [9.17, 15) is 9.59 Å². The number of hydrogen-bond donors (Lipinski definition) is 1. The molecule has 0 spiro atoms. The average Bonchev–Trinajstić information content (AvgIpc) is 2.51. The van der Waals surface area contributed by atoms with E-state index in [1.807, 2.05) is 32.0 Å². The Hall–Kier alpha value is -2.62. The van der Waals surface area contributed by atoms with Crippen LogP contribution in [0.3, 0.4) is 0 Å². The molecule has 0 saturated heterocycles. The number of carbonyl (C=O) groups excluding carboxylic acids is 2. The van der Waals surface area contributed by atoms with E-state index in [0.717, 1.165) is 16.8 Å². The highest BCUT2D eigenvalue weighted by atomic mass is 16.5. The van der Waals surface area contributed by atoms with Crippen molar-refractivity contribution < 1.29 is 14.3 Å². The van der Waals surface area contributed by atoms with Gasteiger partial charge in [0.05, 0.1) is 13.5 Å². The van der Waals surface area contributed by atoms with E-state index in [2.05, 4.69) is 5.32 Å². The van der Waals surface area contributed by atoms with E-state index >= 15 is 0 Å². The number of hydrogen-bond acceptors (Lipinski definition) is 3. The SMILES string of the molecule is COc1ccc(C(C)=O)cc1CC(=O)Nc1cccc(C)c1C. The lowest BCUT2D eigenvalue weighted by atomic mass is 10.0. The third-order valence-electron chi connectivity index (χ3n) is 3.92. The molecule has 23 heavy (non-hydrogen) atoms. The number of nitrogens with one attached hydrogen (secondary N) is 1. The minimum Gasteiger partial charge on any atom is -0.496 e. The van der Waals surface area contributed by atoms with Crippen LogP contribution in [-0.2, 0) is 11.2 Å². The predicted molar refractivity (Wildman–Crippen MR) is 91.2 cm³/mol. The van der Waals surface area contributed by atoms with Gasteiger partial charge in [-0.2, -0.15) is 0 Å². The number of amides is 1. The summed E-state index contributed by atoms with van der Waals surface area (Å²) in [6, 6.07) is 10.9. The topological polar surface area (TPSA) is 55.4 Å². The van der Waals surface area contributed by atoms with Crippen LogP contribution in [0.5, 0.6) is 5.75 Å². The lowest BCUT2D eigenvalue weighted by molar-refractivity contribution is -0.115. The molecule has 1 amide bonds. The molecule has 0 atom stereocenters. The summed E-state index contributed by atoms with van der Waals surface area (Å²) in [5, 5.41) is 2.92. The number of ether oxygens (including phenoxy) is 1. The number of anilines is 1. The molecular weight excluding hydrogens is 290 g/mol. The van der Waals surface area contributed by atoms with Crippen LogP contribution in [0.2, 0.25) is 0 Å². The standard InChI is InChI=1S/C19H21NO3/c1-12-6-5-7-17(13(12)2)20-19(22)11-16-10-15(14(3)21)8-9-18(16)23-4/h5-10H,11H2,1-4H3,(H,20,22). The highest BCUT2D eigenvalue weighted by Gasteiger charge is 2.12. The molecule has 0 saturated carbocycles. The summed E-state index contributed by atoms with van der Waals surface area (Å²) in [4.78, 5) is 23.9. The quantitative estimate of drug-likeness (QED) is 0.857. The number of methoxy groups -OCH3 is 1. The number of carbonyl (C=O) groups is 2. The first-order chi connectivity index (χ1) is 10.9. The maximum Gasteiger partial charge on any atom is 0.228 e. The summed E-state index contributed by atoms with van der Waals surface area (Å²) in [6.07, 6.45) is 0.150. The lowest BCUT2D eigenvalue weighted by Gasteiger charge is -2.12. The number of rotatable bonds is 5. The normalized spacial score (nSPS) is 10.3. The molecule has 0 radical (unpaired) electrons. The van der Waals surface area contributed by atoms with Gasteiger partial charge in [0.1, 0.15) is 5.75 Å². The van der Waals surface area contributed by atoms with Crippen LogP contribution in [0.15, 0.2) is 36.4 Å². The molecule has 0 aromatic heterocycles. The fourth-order valence-corrected chi connectivity index (χ4v) is 2.39. The van der Waals surface area contributed by atoms with Crippen LogP contribution in [0.4, 0.5) is 5.69 Å². The average molecular weight is 311 g/mol. The zero-order valence-electron chi connectivity index (χ0n) is 13.9. The molecule has 0 fully saturated rings. The first-order valence-corrected chi connectivity index (χ1v) is 7.46. The van der Waals surface area contributed by atoms with Crippen LogP contribution in [0, 0.1) is 13.8 Å². The third kappa shape index (κ3) is 3.97. The minimum atomic E-state index is -0.141. The van der Waals surface area contributed by atoms with Gasteiger partial charge in [-0.15, -0.1) is 0 Å². The Morgan fingerprint density at radius 1 is 1.13 bits per heavy atom. The maximum atomic E-state index is 12.3. The van der Waals surface area contributed by atoms with Gasteiger partial charge >= 0.3 is 0 Å². The van der Waals surface area contributed by atoms with Gasteiger partial charge < -0.3 is 10.1 Å². The van der Waals surface area contributed by atoms with Gasteiger partial charge in [0, 0.05) is 16.8 Å². The van der Waals surface area contributed by atoms with Crippen LogP contribution in [0.25, 0.3) is 0 Å². The van der Waals surface area contributed by atoms with E-state index < -0.39 is 0 Å². The van der Waals surface area contributed by atoms with Crippen molar-refractivity contribution in [2.45, 2.75) is 27.2 Å². The van der Waals surface area contributed by atoms with Crippen molar-refractivity contribution in [2.24, 2.45) is 0 Å². The van der Waals surface area contributed by atoms with Gasteiger partial charge in [0.25, 0.3) is 0 Å². The summed E-state index contributed by atoms with van der Waals surface area (Å²) >= 11 is 0. The molecule has 4 nitrogen and oxygen atoms in total. The van der Waals surface area contributed by atoms with Crippen molar-refractivity contribution in [1.29, 1.82) is 0 Å². The molecule has 2 rings (SSSR count). The van der Waals surface area contributed by atoms with E-state index in [0.29, 0.717) is 16.9 Å². The molecule has 4 heteroatoms. The molecule has 0 aliphatic rings. The number of benzene rings is 2.